The van der Waals surface area contributed by atoms with Crippen LogP contribution in [0.1, 0.15) is 30.7 Å². The first-order chi connectivity index (χ1) is 7.11. The molecule has 0 unspecified atom stereocenters. The Morgan fingerprint density at radius 1 is 1.60 bits per heavy atom. The quantitative estimate of drug-likeness (QED) is 0.794. The summed E-state index contributed by atoms with van der Waals surface area (Å²) in [7, 11) is 0. The van der Waals surface area contributed by atoms with Gasteiger partial charge in [0.15, 0.2) is 5.11 Å². The fraction of sp³-hybridized carbons (Fsp3) is 0.600. The van der Waals surface area contributed by atoms with Crippen LogP contribution in [0.2, 0.25) is 0 Å². The monoisotopic (exact) mass is 243 g/mol. The van der Waals surface area contributed by atoms with Gasteiger partial charge in [-0.3, -0.25) is 0 Å². The zero-order valence-corrected chi connectivity index (χ0v) is 11.0. The average molecular weight is 243 g/mol. The van der Waals surface area contributed by atoms with Gasteiger partial charge in [0.1, 0.15) is 5.01 Å². The molecule has 84 valence electrons. The van der Waals surface area contributed by atoms with Crippen LogP contribution in [0.5, 0.6) is 0 Å². The highest BCUT2D eigenvalue weighted by atomic mass is 32.1. The lowest BCUT2D eigenvalue weighted by Crippen LogP contribution is -2.38. The molecule has 0 atom stereocenters. The molecule has 0 saturated carbocycles. The summed E-state index contributed by atoms with van der Waals surface area (Å²) in [4.78, 5) is 5.62. The van der Waals surface area contributed by atoms with E-state index in [4.69, 9.17) is 12.2 Å². The van der Waals surface area contributed by atoms with Gasteiger partial charge in [0, 0.05) is 17.1 Å². The lowest BCUT2D eigenvalue weighted by Gasteiger charge is -2.11. The van der Waals surface area contributed by atoms with Crippen molar-refractivity contribution in [3.63, 3.8) is 0 Å². The van der Waals surface area contributed by atoms with Crippen LogP contribution in [0.3, 0.4) is 0 Å². The van der Waals surface area contributed by atoms with E-state index in [0.717, 1.165) is 11.4 Å². The normalized spacial score (nSPS) is 10.4. The van der Waals surface area contributed by atoms with E-state index in [1.807, 2.05) is 6.20 Å². The van der Waals surface area contributed by atoms with Crippen molar-refractivity contribution in [2.75, 3.05) is 0 Å². The van der Waals surface area contributed by atoms with Gasteiger partial charge in [0.2, 0.25) is 0 Å². The molecular formula is C10H17N3S2. The summed E-state index contributed by atoms with van der Waals surface area (Å²) in [6, 6.07) is 0.368. The summed E-state index contributed by atoms with van der Waals surface area (Å²) in [6.07, 6.45) is 2.98. The second-order valence-electron chi connectivity index (χ2n) is 3.56. The molecule has 0 aliphatic carbocycles. The molecule has 1 heterocycles. The number of hydrogen-bond donors (Lipinski definition) is 2. The maximum absolute atomic E-state index is 5.12. The Labute approximate surface area is 100 Å². The Morgan fingerprint density at radius 3 is 2.87 bits per heavy atom. The number of hydrogen-bond acceptors (Lipinski definition) is 3. The summed E-state index contributed by atoms with van der Waals surface area (Å²) in [5.41, 5.74) is 0. The zero-order valence-electron chi connectivity index (χ0n) is 9.33. The molecule has 1 aromatic heterocycles. The Morgan fingerprint density at radius 2 is 2.33 bits per heavy atom. The molecule has 0 saturated heterocycles. The van der Waals surface area contributed by atoms with E-state index in [2.05, 4.69) is 36.4 Å². The summed E-state index contributed by atoms with van der Waals surface area (Å²) in [6.45, 7) is 6.97. The number of aryl methyl sites for hydroxylation is 1. The highest BCUT2D eigenvalue weighted by Crippen LogP contribution is 2.12. The van der Waals surface area contributed by atoms with Gasteiger partial charge in [-0.15, -0.1) is 11.3 Å². The second kappa shape index (κ2) is 6.02. The summed E-state index contributed by atoms with van der Waals surface area (Å²) >= 11 is 6.85. The van der Waals surface area contributed by atoms with Crippen LogP contribution in [-0.4, -0.2) is 16.1 Å². The van der Waals surface area contributed by atoms with Crippen molar-refractivity contribution in [1.29, 1.82) is 0 Å². The standard InChI is InChI=1S/C10H17N3S2/c1-4-8-5-11-9(15-8)6-12-10(14)13-7(2)3/h5,7H,4,6H2,1-3H3,(H2,12,13,14). The van der Waals surface area contributed by atoms with Crippen LogP contribution >= 0.6 is 23.6 Å². The number of thiocarbonyl (C=S) groups is 1. The number of thiazole rings is 1. The van der Waals surface area contributed by atoms with Crippen LogP contribution < -0.4 is 10.6 Å². The van der Waals surface area contributed by atoms with Crippen molar-refractivity contribution in [3.05, 3.63) is 16.1 Å². The van der Waals surface area contributed by atoms with Gasteiger partial charge in [-0.25, -0.2) is 4.98 Å². The summed E-state index contributed by atoms with van der Waals surface area (Å²) in [5, 5.41) is 8.04. The van der Waals surface area contributed by atoms with Crippen molar-refractivity contribution in [2.45, 2.75) is 39.8 Å². The van der Waals surface area contributed by atoms with Crippen LogP contribution in [0.25, 0.3) is 0 Å². The maximum atomic E-state index is 5.12. The second-order valence-corrected chi connectivity index (χ2v) is 5.16. The van der Waals surface area contributed by atoms with Gasteiger partial charge in [0.05, 0.1) is 6.54 Å². The number of rotatable bonds is 4. The Hall–Kier alpha value is -0.680. The molecule has 0 amide bonds. The lowest BCUT2D eigenvalue weighted by molar-refractivity contribution is 0.711. The highest BCUT2D eigenvalue weighted by Gasteiger charge is 2.02. The molecule has 0 aromatic carbocycles. The molecular weight excluding hydrogens is 226 g/mol. The minimum Gasteiger partial charge on any atom is -0.361 e. The number of aromatic nitrogens is 1. The topological polar surface area (TPSA) is 37.0 Å². The number of nitrogens with zero attached hydrogens (tertiary/aromatic N) is 1. The highest BCUT2D eigenvalue weighted by molar-refractivity contribution is 7.80. The van der Waals surface area contributed by atoms with E-state index in [1.165, 1.54) is 4.88 Å². The molecule has 0 aliphatic rings. The molecule has 5 heteroatoms. The fourth-order valence-corrected chi connectivity index (χ4v) is 2.17. The minimum atomic E-state index is 0.368. The molecule has 0 radical (unpaired) electrons. The Bertz CT molecular complexity index is 320. The van der Waals surface area contributed by atoms with Crippen molar-refractivity contribution in [1.82, 2.24) is 15.6 Å². The van der Waals surface area contributed by atoms with Gasteiger partial charge in [-0.2, -0.15) is 0 Å². The molecule has 1 aromatic rings. The summed E-state index contributed by atoms with van der Waals surface area (Å²) in [5.74, 6) is 0. The van der Waals surface area contributed by atoms with Crippen LogP contribution in [0, 0.1) is 0 Å². The molecule has 0 fully saturated rings. The van der Waals surface area contributed by atoms with Crippen LogP contribution in [0.4, 0.5) is 0 Å². The SMILES string of the molecule is CCc1cnc(CNC(=S)NC(C)C)s1. The van der Waals surface area contributed by atoms with E-state index >= 15 is 0 Å². The first-order valence-corrected chi connectivity index (χ1v) is 6.32. The number of nitrogens with one attached hydrogen (secondary N) is 2. The molecule has 3 nitrogen and oxygen atoms in total. The minimum absolute atomic E-state index is 0.368. The van der Waals surface area contributed by atoms with Gasteiger partial charge in [0.25, 0.3) is 0 Å². The van der Waals surface area contributed by atoms with Crippen molar-refractivity contribution < 1.29 is 0 Å². The van der Waals surface area contributed by atoms with E-state index in [0.29, 0.717) is 17.7 Å². The first kappa shape index (κ1) is 12.4. The largest absolute Gasteiger partial charge is 0.361 e. The van der Waals surface area contributed by atoms with Gasteiger partial charge in [-0.1, -0.05) is 6.92 Å². The predicted molar refractivity (Wildman–Crippen MR) is 69.2 cm³/mol. The molecule has 2 N–H and O–H groups in total. The molecule has 0 aliphatic heterocycles. The first-order valence-electron chi connectivity index (χ1n) is 5.09. The smallest absolute Gasteiger partial charge is 0.166 e. The van der Waals surface area contributed by atoms with Crippen molar-refractivity contribution >= 4 is 28.7 Å². The summed E-state index contributed by atoms with van der Waals surface area (Å²) < 4.78 is 0. The van der Waals surface area contributed by atoms with Gasteiger partial charge in [-0.05, 0) is 32.5 Å². The fourth-order valence-electron chi connectivity index (χ4n) is 1.06. The predicted octanol–water partition coefficient (Wildman–Crippen LogP) is 2.08. The van der Waals surface area contributed by atoms with Crippen molar-refractivity contribution in [2.24, 2.45) is 0 Å². The zero-order chi connectivity index (χ0) is 11.3. The molecule has 1 rings (SSSR count). The van der Waals surface area contributed by atoms with E-state index in [-0.39, 0.29) is 0 Å². The third-order valence-corrected chi connectivity index (χ3v) is 3.17. The Kier molecular flexibility index (Phi) is 4.98. The molecule has 0 bridgehead atoms. The average Bonchev–Trinajstić information content (AvgIpc) is 2.61. The lowest BCUT2D eigenvalue weighted by atomic mass is 10.4. The van der Waals surface area contributed by atoms with E-state index < -0.39 is 0 Å². The van der Waals surface area contributed by atoms with Gasteiger partial charge >= 0.3 is 0 Å². The maximum Gasteiger partial charge on any atom is 0.166 e. The molecule has 15 heavy (non-hydrogen) atoms. The van der Waals surface area contributed by atoms with Gasteiger partial charge < -0.3 is 10.6 Å². The third-order valence-electron chi connectivity index (χ3n) is 1.77. The third kappa shape index (κ3) is 4.57. The molecule has 0 spiro atoms. The van der Waals surface area contributed by atoms with E-state index in [9.17, 15) is 0 Å². The Balaban J connectivity index is 2.33. The van der Waals surface area contributed by atoms with Crippen molar-refractivity contribution in [3.8, 4) is 0 Å². The van der Waals surface area contributed by atoms with Crippen LogP contribution in [0.15, 0.2) is 6.20 Å². The van der Waals surface area contributed by atoms with Crippen LogP contribution in [-0.2, 0) is 13.0 Å². The van der Waals surface area contributed by atoms with E-state index in [1.54, 1.807) is 11.3 Å².